The Bertz CT molecular complexity index is 159. The molecule has 4 nitrogen and oxygen atoms in total. The molecule has 0 radical (unpaired) electrons. The molecule has 0 aromatic carbocycles. The maximum atomic E-state index is 5.54. The van der Waals surface area contributed by atoms with Crippen molar-refractivity contribution in [3.63, 3.8) is 0 Å². The lowest BCUT2D eigenvalue weighted by atomic mass is 10.2. The molecule has 0 aliphatic heterocycles. The van der Waals surface area contributed by atoms with Crippen LogP contribution in [0.3, 0.4) is 0 Å². The zero-order chi connectivity index (χ0) is 13.1. The summed E-state index contributed by atoms with van der Waals surface area (Å²) in [6.45, 7) is 13.2. The van der Waals surface area contributed by atoms with Crippen LogP contribution in [0.15, 0.2) is 0 Å². The van der Waals surface area contributed by atoms with Crippen molar-refractivity contribution in [3.05, 3.63) is 0 Å². The molecule has 0 saturated carbocycles. The quantitative estimate of drug-likeness (QED) is 0.440. The van der Waals surface area contributed by atoms with E-state index in [1.165, 1.54) is 0 Å². The third-order valence-corrected chi connectivity index (χ3v) is 1.97. The molecule has 17 heavy (non-hydrogen) atoms. The van der Waals surface area contributed by atoms with Crippen molar-refractivity contribution in [2.45, 2.75) is 52.9 Å². The predicted octanol–water partition coefficient (Wildman–Crippen LogP) is 2.61. The summed E-state index contributed by atoms with van der Waals surface area (Å²) < 4.78 is 21.8. The van der Waals surface area contributed by atoms with Crippen molar-refractivity contribution >= 4 is 0 Å². The zero-order valence-corrected chi connectivity index (χ0v) is 12.0. The van der Waals surface area contributed by atoms with Gasteiger partial charge in [0.2, 0.25) is 0 Å². The van der Waals surface area contributed by atoms with Crippen molar-refractivity contribution in [2.75, 3.05) is 33.0 Å². The lowest BCUT2D eigenvalue weighted by molar-refractivity contribution is -0.148. The van der Waals surface area contributed by atoms with Crippen molar-refractivity contribution in [2.24, 2.45) is 0 Å². The van der Waals surface area contributed by atoms with E-state index in [1.54, 1.807) is 0 Å². The van der Waals surface area contributed by atoms with Crippen LogP contribution in [0.1, 0.15) is 41.0 Å². The first-order chi connectivity index (χ1) is 7.99. The van der Waals surface area contributed by atoms with Gasteiger partial charge in [-0.1, -0.05) is 0 Å². The summed E-state index contributed by atoms with van der Waals surface area (Å²) in [5, 5.41) is 0. The Labute approximate surface area is 106 Å². The summed E-state index contributed by atoms with van der Waals surface area (Å²) in [7, 11) is 0. The summed E-state index contributed by atoms with van der Waals surface area (Å²) >= 11 is 0. The maximum absolute atomic E-state index is 5.54. The summed E-state index contributed by atoms with van der Waals surface area (Å²) in [5.41, 5.74) is -0.0947. The normalized spacial score (nSPS) is 12.4. The highest BCUT2D eigenvalue weighted by Crippen LogP contribution is 2.06. The van der Waals surface area contributed by atoms with Crippen LogP contribution in [0, 0.1) is 0 Å². The van der Waals surface area contributed by atoms with Gasteiger partial charge in [0.1, 0.15) is 0 Å². The fourth-order valence-electron chi connectivity index (χ4n) is 1.27. The molecule has 0 saturated heterocycles. The Morgan fingerprint density at radius 2 is 1.47 bits per heavy atom. The van der Waals surface area contributed by atoms with E-state index < -0.39 is 0 Å². The molecule has 0 rings (SSSR count). The lowest BCUT2D eigenvalue weighted by Crippen LogP contribution is -2.23. The van der Waals surface area contributed by atoms with Gasteiger partial charge < -0.3 is 18.9 Å². The molecule has 0 bridgehead atoms. The monoisotopic (exact) mass is 248 g/mol. The summed E-state index contributed by atoms with van der Waals surface area (Å²) in [6, 6.07) is 0. The van der Waals surface area contributed by atoms with E-state index in [0.29, 0.717) is 33.0 Å². The van der Waals surface area contributed by atoms with Crippen LogP contribution >= 0.6 is 0 Å². The second kappa shape index (κ2) is 9.83. The molecule has 0 unspecified atom stereocenters. The van der Waals surface area contributed by atoms with Gasteiger partial charge in [-0.3, -0.25) is 0 Å². The topological polar surface area (TPSA) is 36.9 Å². The molecule has 0 aromatic heterocycles. The lowest BCUT2D eigenvalue weighted by Gasteiger charge is -2.20. The van der Waals surface area contributed by atoms with Gasteiger partial charge in [0, 0.05) is 19.6 Å². The van der Waals surface area contributed by atoms with Crippen LogP contribution in [-0.2, 0) is 18.9 Å². The number of hydrogen-bond acceptors (Lipinski definition) is 4. The second-order valence-corrected chi connectivity index (χ2v) is 4.70. The summed E-state index contributed by atoms with van der Waals surface area (Å²) in [6.07, 6.45) is 0.616. The second-order valence-electron chi connectivity index (χ2n) is 4.70. The highest BCUT2D eigenvalue weighted by molar-refractivity contribution is 4.57. The first kappa shape index (κ1) is 16.8. The molecular formula is C13H28O4. The number of hydrogen-bond donors (Lipinski definition) is 0. The summed E-state index contributed by atoms with van der Waals surface area (Å²) in [4.78, 5) is 0. The Hall–Kier alpha value is -0.160. The SMILES string of the molecule is CCOC(CCOCCOC(C)(C)C)OCC. The van der Waals surface area contributed by atoms with E-state index in [4.69, 9.17) is 18.9 Å². The molecule has 0 aliphatic rings. The molecule has 0 N–H and O–H groups in total. The highest BCUT2D eigenvalue weighted by Gasteiger charge is 2.10. The fraction of sp³-hybridized carbons (Fsp3) is 1.00. The van der Waals surface area contributed by atoms with E-state index in [2.05, 4.69) is 0 Å². The third-order valence-electron chi connectivity index (χ3n) is 1.97. The fourth-order valence-corrected chi connectivity index (χ4v) is 1.27. The molecule has 104 valence electrons. The highest BCUT2D eigenvalue weighted by atomic mass is 16.7. The molecule has 0 atom stereocenters. The average molecular weight is 248 g/mol. The summed E-state index contributed by atoms with van der Waals surface area (Å²) in [5.74, 6) is 0. The van der Waals surface area contributed by atoms with E-state index in [-0.39, 0.29) is 11.9 Å². The maximum Gasteiger partial charge on any atom is 0.159 e. The van der Waals surface area contributed by atoms with Gasteiger partial charge in [0.05, 0.1) is 25.4 Å². The Kier molecular flexibility index (Phi) is 9.74. The minimum atomic E-state index is -0.145. The predicted molar refractivity (Wildman–Crippen MR) is 68.2 cm³/mol. The van der Waals surface area contributed by atoms with Crippen molar-refractivity contribution in [1.29, 1.82) is 0 Å². The van der Waals surface area contributed by atoms with Crippen LogP contribution < -0.4 is 0 Å². The van der Waals surface area contributed by atoms with Crippen LogP contribution in [0.25, 0.3) is 0 Å². The van der Waals surface area contributed by atoms with Crippen LogP contribution in [0.4, 0.5) is 0 Å². The molecule has 0 amide bonds. The Morgan fingerprint density at radius 1 is 0.882 bits per heavy atom. The molecule has 0 spiro atoms. The Balaban J connectivity index is 3.41. The molecular weight excluding hydrogens is 220 g/mol. The van der Waals surface area contributed by atoms with Crippen LogP contribution in [0.5, 0.6) is 0 Å². The zero-order valence-electron chi connectivity index (χ0n) is 12.0. The molecule has 0 heterocycles. The van der Waals surface area contributed by atoms with Crippen LogP contribution in [0.2, 0.25) is 0 Å². The van der Waals surface area contributed by atoms with Gasteiger partial charge in [-0.15, -0.1) is 0 Å². The van der Waals surface area contributed by atoms with Gasteiger partial charge in [-0.2, -0.15) is 0 Å². The molecule has 0 fully saturated rings. The molecule has 0 aromatic rings. The first-order valence-corrected chi connectivity index (χ1v) is 6.44. The van der Waals surface area contributed by atoms with E-state index in [0.717, 1.165) is 6.42 Å². The van der Waals surface area contributed by atoms with Gasteiger partial charge >= 0.3 is 0 Å². The third kappa shape index (κ3) is 12.1. The number of rotatable bonds is 10. The van der Waals surface area contributed by atoms with Gasteiger partial charge in [0.15, 0.2) is 6.29 Å². The first-order valence-electron chi connectivity index (χ1n) is 6.44. The van der Waals surface area contributed by atoms with Crippen molar-refractivity contribution in [3.8, 4) is 0 Å². The van der Waals surface area contributed by atoms with Gasteiger partial charge in [0.25, 0.3) is 0 Å². The minimum Gasteiger partial charge on any atom is -0.379 e. The van der Waals surface area contributed by atoms with Gasteiger partial charge in [-0.05, 0) is 34.6 Å². The van der Waals surface area contributed by atoms with Crippen LogP contribution in [-0.4, -0.2) is 44.9 Å². The standard InChI is InChI=1S/C13H28O4/c1-6-15-12(16-7-2)8-9-14-10-11-17-13(3,4)5/h12H,6-11H2,1-5H3. The number of ether oxygens (including phenoxy) is 4. The average Bonchev–Trinajstić information content (AvgIpc) is 2.22. The molecule has 4 heteroatoms. The van der Waals surface area contributed by atoms with E-state index in [1.807, 2.05) is 34.6 Å². The minimum absolute atomic E-state index is 0.0947. The largest absolute Gasteiger partial charge is 0.379 e. The van der Waals surface area contributed by atoms with Crippen molar-refractivity contribution < 1.29 is 18.9 Å². The van der Waals surface area contributed by atoms with Crippen molar-refractivity contribution in [1.82, 2.24) is 0 Å². The van der Waals surface area contributed by atoms with E-state index >= 15 is 0 Å². The smallest absolute Gasteiger partial charge is 0.159 e. The Morgan fingerprint density at radius 3 is 1.94 bits per heavy atom. The molecule has 0 aliphatic carbocycles. The van der Waals surface area contributed by atoms with E-state index in [9.17, 15) is 0 Å². The van der Waals surface area contributed by atoms with Gasteiger partial charge in [-0.25, -0.2) is 0 Å².